The van der Waals surface area contributed by atoms with Gasteiger partial charge in [0, 0.05) is 23.2 Å². The van der Waals surface area contributed by atoms with Crippen LogP contribution < -0.4 is 4.74 Å². The van der Waals surface area contributed by atoms with Crippen LogP contribution in [0.3, 0.4) is 0 Å². The Balaban J connectivity index is 1.95. The first kappa shape index (κ1) is 10.7. The van der Waals surface area contributed by atoms with Gasteiger partial charge in [-0.1, -0.05) is 0 Å². The van der Waals surface area contributed by atoms with E-state index in [9.17, 15) is 9.50 Å². The number of benzene rings is 2. The third kappa shape index (κ3) is 1.88. The molecule has 3 nitrogen and oxygen atoms in total. The Morgan fingerprint density at radius 1 is 1.06 bits per heavy atom. The van der Waals surface area contributed by atoms with Gasteiger partial charge in [0.05, 0.1) is 0 Å². The van der Waals surface area contributed by atoms with Crippen LogP contribution in [0.25, 0.3) is 10.9 Å². The minimum absolute atomic E-state index is 0.218. The average molecular weight is 243 g/mol. The molecule has 4 heteroatoms. The SMILES string of the molecule is Oc1cc(F)ccc1Oc1ccc2[nH]ccc2c1. The van der Waals surface area contributed by atoms with Crippen LogP contribution in [-0.2, 0) is 0 Å². The van der Waals surface area contributed by atoms with Crippen molar-refractivity contribution in [3.63, 3.8) is 0 Å². The fourth-order valence-corrected chi connectivity index (χ4v) is 1.80. The number of nitrogens with one attached hydrogen (secondary N) is 1. The zero-order valence-electron chi connectivity index (χ0n) is 9.35. The maximum atomic E-state index is 12.8. The van der Waals surface area contributed by atoms with Gasteiger partial charge in [-0.2, -0.15) is 0 Å². The molecule has 0 saturated heterocycles. The molecule has 0 saturated carbocycles. The van der Waals surface area contributed by atoms with E-state index in [0.29, 0.717) is 5.75 Å². The van der Waals surface area contributed by atoms with Crippen LogP contribution in [-0.4, -0.2) is 10.1 Å². The highest BCUT2D eigenvalue weighted by Gasteiger charge is 2.06. The van der Waals surface area contributed by atoms with E-state index in [1.807, 2.05) is 24.4 Å². The molecule has 2 aromatic carbocycles. The van der Waals surface area contributed by atoms with E-state index < -0.39 is 5.82 Å². The number of phenolic OH excluding ortho intramolecular Hbond substituents is 1. The zero-order valence-corrected chi connectivity index (χ0v) is 9.35. The van der Waals surface area contributed by atoms with Gasteiger partial charge >= 0.3 is 0 Å². The second-order valence-corrected chi connectivity index (χ2v) is 3.94. The highest BCUT2D eigenvalue weighted by Crippen LogP contribution is 2.32. The lowest BCUT2D eigenvalue weighted by Crippen LogP contribution is -1.85. The van der Waals surface area contributed by atoms with Crippen LogP contribution in [0.4, 0.5) is 4.39 Å². The minimum atomic E-state index is -0.499. The highest BCUT2D eigenvalue weighted by molar-refractivity contribution is 5.80. The minimum Gasteiger partial charge on any atom is -0.504 e. The molecule has 18 heavy (non-hydrogen) atoms. The summed E-state index contributed by atoms with van der Waals surface area (Å²) < 4.78 is 18.3. The molecule has 90 valence electrons. The third-order valence-electron chi connectivity index (χ3n) is 2.67. The van der Waals surface area contributed by atoms with Crippen LogP contribution in [0.1, 0.15) is 0 Å². The van der Waals surface area contributed by atoms with Crippen molar-refractivity contribution in [2.24, 2.45) is 0 Å². The molecule has 1 heterocycles. The van der Waals surface area contributed by atoms with Gasteiger partial charge in [0.1, 0.15) is 11.6 Å². The molecule has 3 rings (SSSR count). The lowest BCUT2D eigenvalue weighted by atomic mass is 10.2. The van der Waals surface area contributed by atoms with E-state index in [-0.39, 0.29) is 11.5 Å². The number of aromatic hydroxyl groups is 1. The molecular weight excluding hydrogens is 233 g/mol. The number of aromatic amines is 1. The van der Waals surface area contributed by atoms with Gasteiger partial charge < -0.3 is 14.8 Å². The van der Waals surface area contributed by atoms with E-state index in [1.54, 1.807) is 6.07 Å². The van der Waals surface area contributed by atoms with Crippen LogP contribution in [0.15, 0.2) is 48.7 Å². The number of hydrogen-bond donors (Lipinski definition) is 2. The molecule has 2 N–H and O–H groups in total. The van der Waals surface area contributed by atoms with Gasteiger partial charge in [0.2, 0.25) is 0 Å². The van der Waals surface area contributed by atoms with E-state index in [2.05, 4.69) is 4.98 Å². The predicted octanol–water partition coefficient (Wildman–Crippen LogP) is 3.80. The number of rotatable bonds is 2. The van der Waals surface area contributed by atoms with Crippen molar-refractivity contribution >= 4 is 10.9 Å². The standard InChI is InChI=1S/C14H10FNO2/c15-10-1-4-14(13(17)8-10)18-11-2-3-12-9(7-11)5-6-16-12/h1-8,16-17H. The molecule has 0 aliphatic carbocycles. The van der Waals surface area contributed by atoms with Crippen molar-refractivity contribution in [3.05, 3.63) is 54.5 Å². The van der Waals surface area contributed by atoms with Gasteiger partial charge in [-0.3, -0.25) is 0 Å². The lowest BCUT2D eigenvalue weighted by molar-refractivity contribution is 0.407. The summed E-state index contributed by atoms with van der Waals surface area (Å²) in [6.45, 7) is 0. The third-order valence-corrected chi connectivity index (χ3v) is 2.67. The molecule has 0 amide bonds. The summed E-state index contributed by atoms with van der Waals surface area (Å²) in [6.07, 6.45) is 1.84. The number of aromatic nitrogens is 1. The summed E-state index contributed by atoms with van der Waals surface area (Å²) in [7, 11) is 0. The van der Waals surface area contributed by atoms with Crippen molar-refractivity contribution in [3.8, 4) is 17.2 Å². The number of halogens is 1. The summed E-state index contributed by atoms with van der Waals surface area (Å²) in [5.41, 5.74) is 1.01. The van der Waals surface area contributed by atoms with Crippen LogP contribution in [0.2, 0.25) is 0 Å². The van der Waals surface area contributed by atoms with Gasteiger partial charge in [0.15, 0.2) is 11.5 Å². The van der Waals surface area contributed by atoms with Crippen LogP contribution in [0.5, 0.6) is 17.2 Å². The summed E-state index contributed by atoms with van der Waals surface area (Å²) in [6, 6.07) is 11.1. The van der Waals surface area contributed by atoms with Crippen molar-refractivity contribution < 1.29 is 14.2 Å². The Morgan fingerprint density at radius 2 is 1.94 bits per heavy atom. The second-order valence-electron chi connectivity index (χ2n) is 3.94. The molecule has 3 aromatic rings. The van der Waals surface area contributed by atoms with Crippen molar-refractivity contribution in [1.29, 1.82) is 0 Å². The molecule has 1 aromatic heterocycles. The van der Waals surface area contributed by atoms with Crippen molar-refractivity contribution in [1.82, 2.24) is 4.98 Å². The second kappa shape index (κ2) is 4.07. The van der Waals surface area contributed by atoms with Crippen molar-refractivity contribution in [2.75, 3.05) is 0 Å². The lowest BCUT2D eigenvalue weighted by Gasteiger charge is -2.07. The monoisotopic (exact) mass is 243 g/mol. The summed E-state index contributed by atoms with van der Waals surface area (Å²) in [4.78, 5) is 3.07. The predicted molar refractivity (Wildman–Crippen MR) is 66.4 cm³/mol. The Morgan fingerprint density at radius 3 is 2.78 bits per heavy atom. The smallest absolute Gasteiger partial charge is 0.169 e. The quantitative estimate of drug-likeness (QED) is 0.719. The van der Waals surface area contributed by atoms with E-state index in [4.69, 9.17) is 4.74 Å². The molecule has 0 fully saturated rings. The Kier molecular flexibility index (Phi) is 2.41. The molecule has 0 bridgehead atoms. The molecule has 0 unspecified atom stereocenters. The highest BCUT2D eigenvalue weighted by atomic mass is 19.1. The molecule has 0 aliphatic rings. The van der Waals surface area contributed by atoms with Crippen LogP contribution >= 0.6 is 0 Å². The normalized spacial score (nSPS) is 10.7. The molecule has 0 atom stereocenters. The number of phenols is 1. The maximum Gasteiger partial charge on any atom is 0.169 e. The fourth-order valence-electron chi connectivity index (χ4n) is 1.80. The largest absolute Gasteiger partial charge is 0.504 e. The van der Waals surface area contributed by atoms with E-state index >= 15 is 0 Å². The van der Waals surface area contributed by atoms with E-state index in [1.165, 1.54) is 12.1 Å². The molecule has 0 spiro atoms. The van der Waals surface area contributed by atoms with Gasteiger partial charge in [-0.05, 0) is 36.4 Å². The maximum absolute atomic E-state index is 12.8. The Hall–Kier alpha value is -2.49. The summed E-state index contributed by atoms with van der Waals surface area (Å²) >= 11 is 0. The molecular formula is C14H10FNO2. The first-order valence-electron chi connectivity index (χ1n) is 5.46. The van der Waals surface area contributed by atoms with E-state index in [0.717, 1.165) is 17.0 Å². The Bertz CT molecular complexity index is 706. The van der Waals surface area contributed by atoms with Gasteiger partial charge in [-0.15, -0.1) is 0 Å². The number of ether oxygens (including phenoxy) is 1. The Labute approximate surface area is 102 Å². The first-order chi connectivity index (χ1) is 8.72. The van der Waals surface area contributed by atoms with Gasteiger partial charge in [0.25, 0.3) is 0 Å². The first-order valence-corrected chi connectivity index (χ1v) is 5.46. The van der Waals surface area contributed by atoms with Crippen LogP contribution in [0, 0.1) is 5.82 Å². The number of fused-ring (bicyclic) bond motifs is 1. The molecule has 0 aliphatic heterocycles. The average Bonchev–Trinajstić information content (AvgIpc) is 2.80. The topological polar surface area (TPSA) is 45.2 Å². The van der Waals surface area contributed by atoms with Crippen molar-refractivity contribution in [2.45, 2.75) is 0 Å². The number of hydrogen-bond acceptors (Lipinski definition) is 2. The summed E-state index contributed by atoms with van der Waals surface area (Å²) in [5, 5.41) is 10.6. The summed E-state index contributed by atoms with van der Waals surface area (Å²) in [5.74, 6) is 0.0976. The fraction of sp³-hybridized carbons (Fsp3) is 0. The zero-order chi connectivity index (χ0) is 12.5. The van der Waals surface area contributed by atoms with Gasteiger partial charge in [-0.25, -0.2) is 4.39 Å². The number of H-pyrrole nitrogens is 1. The molecule has 0 radical (unpaired) electrons.